The first-order chi connectivity index (χ1) is 11.9. The fraction of sp³-hybridized carbons (Fsp3) is 0.238. The zero-order valence-electron chi connectivity index (χ0n) is 14.6. The molecule has 1 aromatic heterocycles. The van der Waals surface area contributed by atoms with E-state index in [9.17, 15) is 15.0 Å². The second-order valence-electron chi connectivity index (χ2n) is 6.52. The molecular formula is C21H21NO3. The van der Waals surface area contributed by atoms with Gasteiger partial charge in [0, 0.05) is 11.3 Å². The number of fused-ring (bicyclic) bond motifs is 1. The number of aryl methyl sites for hydroxylation is 2. The number of carboxylic acid groups (broad SMARTS) is 1. The van der Waals surface area contributed by atoms with Crippen molar-refractivity contribution in [2.24, 2.45) is 0 Å². The second-order valence-corrected chi connectivity index (χ2v) is 6.52. The van der Waals surface area contributed by atoms with Crippen molar-refractivity contribution in [3.05, 3.63) is 70.4 Å². The van der Waals surface area contributed by atoms with Gasteiger partial charge in [-0.05, 0) is 37.0 Å². The molecule has 0 saturated carbocycles. The molecule has 0 bridgehead atoms. The van der Waals surface area contributed by atoms with Crippen molar-refractivity contribution in [3.63, 3.8) is 0 Å². The first-order valence-electron chi connectivity index (χ1n) is 8.30. The van der Waals surface area contributed by atoms with Crippen LogP contribution in [0.25, 0.3) is 10.9 Å². The van der Waals surface area contributed by atoms with E-state index in [1.807, 2.05) is 57.2 Å². The van der Waals surface area contributed by atoms with E-state index in [1.54, 1.807) is 6.07 Å². The molecule has 0 fully saturated rings. The molecule has 128 valence electrons. The molecule has 2 N–H and O–H groups in total. The highest BCUT2D eigenvalue weighted by Gasteiger charge is 2.24. The van der Waals surface area contributed by atoms with E-state index < -0.39 is 5.97 Å². The Morgan fingerprint density at radius 2 is 1.80 bits per heavy atom. The highest BCUT2D eigenvalue weighted by atomic mass is 16.4. The second kappa shape index (κ2) is 6.55. The van der Waals surface area contributed by atoms with E-state index >= 15 is 0 Å². The Morgan fingerprint density at radius 3 is 2.44 bits per heavy atom. The van der Waals surface area contributed by atoms with E-state index in [0.717, 1.165) is 16.7 Å². The van der Waals surface area contributed by atoms with Crippen LogP contribution in [0.1, 0.15) is 45.6 Å². The van der Waals surface area contributed by atoms with Gasteiger partial charge in [-0.2, -0.15) is 0 Å². The molecule has 0 amide bonds. The smallest absolute Gasteiger partial charge is 0.340 e. The standard InChI is InChI=1S/C21H21NO3/c1-12-9-10-16-17(21(24)25)20(23)18(22-19(16)14(12)3)13(2)11-15-7-5-4-6-8-15/h4-10,13,23H,11H2,1-3H3,(H,24,25). The molecule has 3 rings (SSSR count). The quantitative estimate of drug-likeness (QED) is 0.731. The number of pyridine rings is 1. The normalized spacial score (nSPS) is 12.3. The van der Waals surface area contributed by atoms with E-state index in [-0.39, 0.29) is 17.2 Å². The summed E-state index contributed by atoms with van der Waals surface area (Å²) in [6.45, 7) is 5.85. The predicted molar refractivity (Wildman–Crippen MR) is 98.4 cm³/mol. The summed E-state index contributed by atoms with van der Waals surface area (Å²) in [7, 11) is 0. The van der Waals surface area contributed by atoms with Gasteiger partial charge >= 0.3 is 5.97 Å². The minimum Gasteiger partial charge on any atom is -0.505 e. The molecule has 0 aliphatic rings. The van der Waals surface area contributed by atoms with Gasteiger partial charge in [0.1, 0.15) is 5.56 Å². The minimum atomic E-state index is -1.14. The molecule has 4 nitrogen and oxygen atoms in total. The summed E-state index contributed by atoms with van der Waals surface area (Å²) in [5.41, 5.74) is 4.11. The Morgan fingerprint density at radius 1 is 1.12 bits per heavy atom. The average Bonchev–Trinajstić information content (AvgIpc) is 2.58. The SMILES string of the molecule is Cc1ccc2c(C(=O)O)c(O)c(C(C)Cc3ccccc3)nc2c1C. The Balaban J connectivity index is 2.19. The third kappa shape index (κ3) is 3.07. The monoisotopic (exact) mass is 335 g/mol. The number of rotatable bonds is 4. The number of nitrogens with zero attached hydrogens (tertiary/aromatic N) is 1. The van der Waals surface area contributed by atoms with Crippen LogP contribution in [0, 0.1) is 13.8 Å². The van der Waals surface area contributed by atoms with E-state index in [4.69, 9.17) is 0 Å². The van der Waals surface area contributed by atoms with Gasteiger partial charge in [0.2, 0.25) is 0 Å². The number of benzene rings is 2. The largest absolute Gasteiger partial charge is 0.505 e. The van der Waals surface area contributed by atoms with Crippen LogP contribution in [-0.2, 0) is 6.42 Å². The minimum absolute atomic E-state index is 0.0667. The molecule has 1 atom stereocenters. The lowest BCUT2D eigenvalue weighted by Crippen LogP contribution is -2.08. The number of aromatic carboxylic acids is 1. The van der Waals surface area contributed by atoms with Crippen molar-refractivity contribution >= 4 is 16.9 Å². The molecule has 1 heterocycles. The molecule has 25 heavy (non-hydrogen) atoms. The van der Waals surface area contributed by atoms with Crippen molar-refractivity contribution < 1.29 is 15.0 Å². The molecule has 0 aliphatic carbocycles. The highest BCUT2D eigenvalue weighted by molar-refractivity contribution is 6.06. The number of hydrogen-bond acceptors (Lipinski definition) is 3. The van der Waals surface area contributed by atoms with Crippen LogP contribution >= 0.6 is 0 Å². The van der Waals surface area contributed by atoms with Crippen molar-refractivity contribution in [1.82, 2.24) is 4.98 Å². The Bertz CT molecular complexity index is 949. The molecule has 0 aliphatic heterocycles. The summed E-state index contributed by atoms with van der Waals surface area (Å²) < 4.78 is 0. The maximum Gasteiger partial charge on any atom is 0.340 e. The predicted octanol–water partition coefficient (Wildman–Crippen LogP) is 4.60. The van der Waals surface area contributed by atoms with Crippen molar-refractivity contribution in [1.29, 1.82) is 0 Å². The number of hydrogen-bond donors (Lipinski definition) is 2. The Labute approximate surface area is 146 Å². The number of carboxylic acids is 1. The fourth-order valence-electron chi connectivity index (χ4n) is 3.20. The first-order valence-corrected chi connectivity index (χ1v) is 8.30. The molecule has 1 unspecified atom stereocenters. The zero-order chi connectivity index (χ0) is 18.1. The van der Waals surface area contributed by atoms with E-state index in [1.165, 1.54) is 0 Å². The molecule has 2 aromatic carbocycles. The maximum atomic E-state index is 11.8. The van der Waals surface area contributed by atoms with Crippen LogP contribution < -0.4 is 0 Å². The lowest BCUT2D eigenvalue weighted by atomic mass is 9.93. The van der Waals surface area contributed by atoms with Crippen molar-refractivity contribution in [2.45, 2.75) is 33.1 Å². The van der Waals surface area contributed by atoms with Crippen LogP contribution in [0.5, 0.6) is 5.75 Å². The summed E-state index contributed by atoms with van der Waals surface area (Å²) in [6.07, 6.45) is 0.677. The van der Waals surface area contributed by atoms with Gasteiger partial charge in [-0.3, -0.25) is 0 Å². The molecule has 0 saturated heterocycles. The van der Waals surface area contributed by atoms with Gasteiger partial charge in [0.25, 0.3) is 0 Å². The van der Waals surface area contributed by atoms with Gasteiger partial charge < -0.3 is 10.2 Å². The van der Waals surface area contributed by atoms with Crippen LogP contribution in [0.3, 0.4) is 0 Å². The molecule has 3 aromatic rings. The van der Waals surface area contributed by atoms with Gasteiger partial charge in [-0.15, -0.1) is 0 Å². The van der Waals surface area contributed by atoms with Crippen LogP contribution in [0.4, 0.5) is 0 Å². The van der Waals surface area contributed by atoms with Crippen molar-refractivity contribution in [3.8, 4) is 5.75 Å². The van der Waals surface area contributed by atoms with Crippen LogP contribution in [0.15, 0.2) is 42.5 Å². The van der Waals surface area contributed by atoms with Crippen LogP contribution in [0.2, 0.25) is 0 Å². The van der Waals surface area contributed by atoms with Crippen molar-refractivity contribution in [2.75, 3.05) is 0 Å². The molecular weight excluding hydrogens is 314 g/mol. The summed E-state index contributed by atoms with van der Waals surface area (Å²) in [6, 6.07) is 13.5. The van der Waals surface area contributed by atoms with Gasteiger partial charge in [0.15, 0.2) is 5.75 Å². The third-order valence-electron chi connectivity index (χ3n) is 4.75. The first kappa shape index (κ1) is 17.0. The lowest BCUT2D eigenvalue weighted by molar-refractivity contribution is 0.0695. The summed E-state index contributed by atoms with van der Waals surface area (Å²) in [4.78, 5) is 16.4. The Kier molecular flexibility index (Phi) is 4.45. The number of aromatic hydroxyl groups is 1. The summed E-state index contributed by atoms with van der Waals surface area (Å²) >= 11 is 0. The maximum absolute atomic E-state index is 11.8. The molecule has 0 spiro atoms. The topological polar surface area (TPSA) is 70.4 Å². The van der Waals surface area contributed by atoms with E-state index in [2.05, 4.69) is 4.98 Å². The van der Waals surface area contributed by atoms with Gasteiger partial charge in [-0.1, -0.05) is 49.4 Å². The highest BCUT2D eigenvalue weighted by Crippen LogP contribution is 2.36. The van der Waals surface area contributed by atoms with Crippen LogP contribution in [-0.4, -0.2) is 21.2 Å². The Hall–Kier alpha value is -2.88. The fourth-order valence-corrected chi connectivity index (χ4v) is 3.20. The lowest BCUT2D eigenvalue weighted by Gasteiger charge is -2.17. The number of carbonyl (C=O) groups is 1. The summed E-state index contributed by atoms with van der Waals surface area (Å²) in [5, 5.41) is 20.7. The number of aromatic nitrogens is 1. The zero-order valence-corrected chi connectivity index (χ0v) is 14.6. The molecule has 0 radical (unpaired) electrons. The molecule has 4 heteroatoms. The van der Waals surface area contributed by atoms with Gasteiger partial charge in [-0.25, -0.2) is 9.78 Å². The summed E-state index contributed by atoms with van der Waals surface area (Å²) in [5.74, 6) is -1.47. The van der Waals surface area contributed by atoms with Gasteiger partial charge in [0.05, 0.1) is 11.2 Å². The van der Waals surface area contributed by atoms with E-state index in [0.29, 0.717) is 23.0 Å². The average molecular weight is 335 g/mol. The third-order valence-corrected chi connectivity index (χ3v) is 4.75.